The summed E-state index contributed by atoms with van der Waals surface area (Å²) in [5.41, 5.74) is 4.95. The predicted octanol–water partition coefficient (Wildman–Crippen LogP) is 1.91. The third kappa shape index (κ3) is 6.17. The Bertz CT molecular complexity index is 351. The van der Waals surface area contributed by atoms with Gasteiger partial charge in [0.15, 0.2) is 0 Å². The number of nitrogens with one attached hydrogen (secondary N) is 1. The third-order valence-electron chi connectivity index (χ3n) is 2.65. The molecule has 7 nitrogen and oxygen atoms in total. The quantitative estimate of drug-likeness (QED) is 0.657. The molecular weight excluding hydrogens is 232 g/mol. The Kier molecular flexibility index (Phi) is 6.75. The van der Waals surface area contributed by atoms with Crippen LogP contribution in [0, 0.1) is 0 Å². The number of amides is 2. The van der Waals surface area contributed by atoms with Crippen LogP contribution < -0.4 is 11.1 Å². The molecule has 0 bridgehead atoms. The van der Waals surface area contributed by atoms with Crippen LogP contribution in [0.3, 0.4) is 0 Å². The fourth-order valence-corrected chi connectivity index (χ4v) is 1.71. The fraction of sp³-hybridized carbons (Fsp3) is 0.818. The van der Waals surface area contributed by atoms with Crippen LogP contribution in [-0.2, 0) is 6.54 Å². The second-order valence-electron chi connectivity index (χ2n) is 4.32. The van der Waals surface area contributed by atoms with Crippen LogP contribution >= 0.6 is 0 Å². The number of tetrazole rings is 1. The summed E-state index contributed by atoms with van der Waals surface area (Å²) in [7, 11) is 0. The van der Waals surface area contributed by atoms with E-state index in [-0.39, 0.29) is 5.95 Å². The highest BCUT2D eigenvalue weighted by Crippen LogP contribution is 2.07. The van der Waals surface area contributed by atoms with E-state index in [2.05, 4.69) is 27.7 Å². The Hall–Kier alpha value is -1.66. The van der Waals surface area contributed by atoms with Crippen LogP contribution in [0.1, 0.15) is 51.9 Å². The van der Waals surface area contributed by atoms with Crippen molar-refractivity contribution < 1.29 is 4.79 Å². The van der Waals surface area contributed by atoms with Gasteiger partial charge in [0.1, 0.15) is 0 Å². The highest BCUT2D eigenvalue weighted by Gasteiger charge is 2.03. The summed E-state index contributed by atoms with van der Waals surface area (Å²) in [5.74, 6) is 0.158. The van der Waals surface area contributed by atoms with Crippen molar-refractivity contribution in [3.05, 3.63) is 0 Å². The number of nitrogens with two attached hydrogens (primary N) is 1. The van der Waals surface area contributed by atoms with Crippen molar-refractivity contribution in [2.24, 2.45) is 5.73 Å². The Morgan fingerprint density at radius 2 is 1.89 bits per heavy atom. The van der Waals surface area contributed by atoms with Crippen molar-refractivity contribution in [2.75, 3.05) is 5.32 Å². The molecule has 2 amide bonds. The Morgan fingerprint density at radius 1 is 1.22 bits per heavy atom. The molecule has 3 N–H and O–H groups in total. The normalized spacial score (nSPS) is 10.5. The van der Waals surface area contributed by atoms with E-state index in [9.17, 15) is 4.79 Å². The lowest BCUT2D eigenvalue weighted by molar-refractivity contribution is 0.259. The summed E-state index contributed by atoms with van der Waals surface area (Å²) < 4.78 is 0. The minimum Gasteiger partial charge on any atom is -0.351 e. The van der Waals surface area contributed by atoms with Crippen molar-refractivity contribution in [1.82, 2.24) is 20.2 Å². The van der Waals surface area contributed by atoms with Crippen LogP contribution in [0.5, 0.6) is 0 Å². The lowest BCUT2D eigenvalue weighted by atomic mass is 10.1. The average molecular weight is 254 g/mol. The van der Waals surface area contributed by atoms with Crippen molar-refractivity contribution in [2.45, 2.75) is 58.4 Å². The van der Waals surface area contributed by atoms with E-state index in [1.807, 2.05) is 0 Å². The lowest BCUT2D eigenvalue weighted by Crippen LogP contribution is -2.20. The summed E-state index contributed by atoms with van der Waals surface area (Å²) in [6.45, 7) is 2.94. The molecule has 1 aromatic heterocycles. The van der Waals surface area contributed by atoms with Gasteiger partial charge in [0.25, 0.3) is 5.95 Å². The number of rotatable bonds is 9. The summed E-state index contributed by atoms with van der Waals surface area (Å²) in [4.78, 5) is 12.0. The monoisotopic (exact) mass is 254 g/mol. The van der Waals surface area contributed by atoms with Crippen LogP contribution in [0.15, 0.2) is 0 Å². The van der Waals surface area contributed by atoms with E-state index in [1.165, 1.54) is 43.3 Å². The number of nitrogens with zero attached hydrogens (tertiary/aromatic N) is 4. The van der Waals surface area contributed by atoms with Gasteiger partial charge >= 0.3 is 6.03 Å². The summed E-state index contributed by atoms with van der Waals surface area (Å²) in [6, 6.07) is -0.675. The average Bonchev–Trinajstić information content (AvgIpc) is 2.75. The maximum atomic E-state index is 10.6. The molecular formula is C11H22N6O. The van der Waals surface area contributed by atoms with Gasteiger partial charge < -0.3 is 5.73 Å². The fourth-order valence-electron chi connectivity index (χ4n) is 1.71. The second-order valence-corrected chi connectivity index (χ2v) is 4.32. The summed E-state index contributed by atoms with van der Waals surface area (Å²) in [5, 5.41) is 13.8. The number of anilines is 1. The highest BCUT2D eigenvalue weighted by atomic mass is 16.2. The zero-order valence-corrected chi connectivity index (χ0v) is 10.9. The van der Waals surface area contributed by atoms with Gasteiger partial charge in [0, 0.05) is 0 Å². The minimum atomic E-state index is -0.675. The van der Waals surface area contributed by atoms with Crippen LogP contribution in [-0.4, -0.2) is 26.2 Å². The number of urea groups is 1. The second kappa shape index (κ2) is 8.43. The molecule has 18 heavy (non-hydrogen) atoms. The SMILES string of the molecule is CCCCCCCCCn1nnc(NC(N)=O)n1. The maximum Gasteiger partial charge on any atom is 0.319 e. The molecule has 0 atom stereocenters. The molecule has 0 unspecified atom stereocenters. The Labute approximate surface area is 107 Å². The van der Waals surface area contributed by atoms with Gasteiger partial charge in [-0.15, -0.1) is 5.10 Å². The standard InChI is InChI=1S/C11H22N6O/c1-2-3-4-5-6-7-8-9-17-15-11(14-16-17)13-10(12)18/h2-9H2,1H3,(H3,12,13,15,18). The minimum absolute atomic E-state index is 0.158. The molecule has 0 aromatic carbocycles. The smallest absolute Gasteiger partial charge is 0.319 e. The van der Waals surface area contributed by atoms with Gasteiger partial charge in [-0.3, -0.25) is 5.32 Å². The van der Waals surface area contributed by atoms with Crippen molar-refractivity contribution >= 4 is 12.0 Å². The van der Waals surface area contributed by atoms with Gasteiger partial charge in [0.2, 0.25) is 0 Å². The molecule has 1 heterocycles. The van der Waals surface area contributed by atoms with E-state index in [0.717, 1.165) is 13.0 Å². The number of carbonyl (C=O) groups is 1. The zero-order chi connectivity index (χ0) is 13.2. The van der Waals surface area contributed by atoms with Gasteiger partial charge in [0.05, 0.1) is 6.54 Å². The number of aryl methyl sites for hydroxylation is 1. The van der Waals surface area contributed by atoms with Gasteiger partial charge in [-0.2, -0.15) is 4.80 Å². The van der Waals surface area contributed by atoms with Crippen molar-refractivity contribution in [3.8, 4) is 0 Å². The molecule has 102 valence electrons. The van der Waals surface area contributed by atoms with E-state index in [4.69, 9.17) is 5.73 Å². The number of primary amides is 1. The van der Waals surface area contributed by atoms with Gasteiger partial charge in [-0.05, 0) is 11.6 Å². The molecule has 0 aliphatic rings. The Balaban J connectivity index is 2.08. The highest BCUT2D eigenvalue weighted by molar-refractivity contribution is 5.85. The molecule has 0 radical (unpaired) electrons. The summed E-state index contributed by atoms with van der Waals surface area (Å²) >= 11 is 0. The summed E-state index contributed by atoms with van der Waals surface area (Å²) in [6.07, 6.45) is 8.67. The molecule has 1 rings (SSSR count). The molecule has 0 saturated heterocycles. The van der Waals surface area contributed by atoms with E-state index in [1.54, 1.807) is 0 Å². The number of hydrogen-bond acceptors (Lipinski definition) is 4. The molecule has 0 spiro atoms. The Morgan fingerprint density at radius 3 is 2.56 bits per heavy atom. The number of aromatic nitrogens is 4. The predicted molar refractivity (Wildman–Crippen MR) is 69.0 cm³/mol. The van der Waals surface area contributed by atoms with E-state index < -0.39 is 6.03 Å². The molecule has 1 aromatic rings. The third-order valence-corrected chi connectivity index (χ3v) is 2.65. The lowest BCUT2D eigenvalue weighted by Gasteiger charge is -2.00. The van der Waals surface area contributed by atoms with Crippen molar-refractivity contribution in [3.63, 3.8) is 0 Å². The van der Waals surface area contributed by atoms with E-state index in [0.29, 0.717) is 0 Å². The first-order chi connectivity index (χ1) is 8.72. The zero-order valence-electron chi connectivity index (χ0n) is 10.9. The maximum absolute atomic E-state index is 10.6. The van der Waals surface area contributed by atoms with Crippen LogP contribution in [0.4, 0.5) is 10.7 Å². The van der Waals surface area contributed by atoms with Crippen LogP contribution in [0.25, 0.3) is 0 Å². The first-order valence-corrected chi connectivity index (χ1v) is 6.56. The van der Waals surface area contributed by atoms with Gasteiger partial charge in [-0.1, -0.05) is 50.5 Å². The largest absolute Gasteiger partial charge is 0.351 e. The molecule has 0 fully saturated rings. The molecule has 0 aliphatic heterocycles. The molecule has 0 aliphatic carbocycles. The van der Waals surface area contributed by atoms with Gasteiger partial charge in [-0.25, -0.2) is 4.79 Å². The molecule has 7 heteroatoms. The first-order valence-electron chi connectivity index (χ1n) is 6.56. The molecule has 0 saturated carbocycles. The first kappa shape index (κ1) is 14.4. The van der Waals surface area contributed by atoms with Crippen molar-refractivity contribution in [1.29, 1.82) is 0 Å². The number of hydrogen-bond donors (Lipinski definition) is 2. The van der Waals surface area contributed by atoms with Crippen LogP contribution in [0.2, 0.25) is 0 Å². The topological polar surface area (TPSA) is 98.7 Å². The number of unbranched alkanes of at least 4 members (excludes halogenated alkanes) is 6. The number of carbonyl (C=O) groups excluding carboxylic acids is 1. The van der Waals surface area contributed by atoms with E-state index >= 15 is 0 Å².